The summed E-state index contributed by atoms with van der Waals surface area (Å²) in [6.45, 7) is 7.86. The Kier molecular flexibility index (Phi) is 6.03. The van der Waals surface area contributed by atoms with Gasteiger partial charge in [-0.15, -0.1) is 5.73 Å². The van der Waals surface area contributed by atoms with Gasteiger partial charge in [-0.3, -0.25) is 0 Å². The molecule has 0 aromatic carbocycles. The van der Waals surface area contributed by atoms with Gasteiger partial charge in [-0.05, 0) is 31.3 Å². The Bertz CT molecular complexity index is 356. The van der Waals surface area contributed by atoms with Crippen LogP contribution >= 0.6 is 0 Å². The summed E-state index contributed by atoms with van der Waals surface area (Å²) in [5, 5.41) is 30.3. The molecule has 1 aliphatic carbocycles. The van der Waals surface area contributed by atoms with Crippen LogP contribution in [0.15, 0.2) is 17.4 Å². The van der Waals surface area contributed by atoms with Gasteiger partial charge in [0, 0.05) is 12.0 Å². The Labute approximate surface area is 123 Å². The molecule has 20 heavy (non-hydrogen) atoms. The third kappa shape index (κ3) is 4.75. The monoisotopic (exact) mass is 282 g/mol. The summed E-state index contributed by atoms with van der Waals surface area (Å²) in [5.74, 6) is 0. The Morgan fingerprint density at radius 3 is 2.50 bits per heavy atom. The van der Waals surface area contributed by atoms with Crippen molar-refractivity contribution in [2.45, 2.75) is 84.0 Å². The first-order chi connectivity index (χ1) is 9.19. The molecule has 1 rings (SSSR count). The summed E-state index contributed by atoms with van der Waals surface area (Å²) in [6, 6.07) is 0. The van der Waals surface area contributed by atoms with Gasteiger partial charge in [0.15, 0.2) is 0 Å². The van der Waals surface area contributed by atoms with E-state index in [0.29, 0.717) is 12.8 Å². The van der Waals surface area contributed by atoms with Crippen molar-refractivity contribution in [1.29, 1.82) is 0 Å². The minimum atomic E-state index is -1.05. The second-order valence-electron chi connectivity index (χ2n) is 6.97. The van der Waals surface area contributed by atoms with Crippen molar-refractivity contribution in [3.05, 3.63) is 17.4 Å². The lowest BCUT2D eigenvalue weighted by Gasteiger charge is -2.43. The van der Waals surface area contributed by atoms with Crippen LogP contribution in [0.25, 0.3) is 0 Å². The molecule has 3 atom stereocenters. The highest BCUT2D eigenvalue weighted by molar-refractivity contribution is 5.26. The first-order valence-corrected chi connectivity index (χ1v) is 7.75. The van der Waals surface area contributed by atoms with Crippen molar-refractivity contribution in [2.24, 2.45) is 5.41 Å². The maximum absolute atomic E-state index is 10.5. The summed E-state index contributed by atoms with van der Waals surface area (Å²) in [7, 11) is 0. The van der Waals surface area contributed by atoms with E-state index in [1.54, 1.807) is 13.0 Å². The standard InChI is InChI=1S/C17H30O3/c1-5-6-7-8-13(18)9-10-15-16(2,3)11-14(19)12-17(15,4)20/h9,13-14,18-20H,5-8,11-12H2,1-4H3. The zero-order valence-corrected chi connectivity index (χ0v) is 13.3. The number of hydrogen-bond acceptors (Lipinski definition) is 3. The third-order valence-electron chi connectivity index (χ3n) is 4.12. The van der Waals surface area contributed by atoms with Crippen LogP contribution in [0.1, 0.15) is 66.2 Å². The highest BCUT2D eigenvalue weighted by atomic mass is 16.3. The zero-order valence-electron chi connectivity index (χ0n) is 13.3. The van der Waals surface area contributed by atoms with Crippen molar-refractivity contribution < 1.29 is 15.3 Å². The van der Waals surface area contributed by atoms with Crippen LogP contribution < -0.4 is 0 Å². The average molecular weight is 282 g/mol. The molecule has 0 aromatic heterocycles. The van der Waals surface area contributed by atoms with E-state index >= 15 is 0 Å². The maximum Gasteiger partial charge on any atom is 0.0931 e. The Morgan fingerprint density at radius 1 is 1.30 bits per heavy atom. The molecule has 1 fully saturated rings. The lowest BCUT2D eigenvalue weighted by Crippen LogP contribution is -2.45. The van der Waals surface area contributed by atoms with Crippen LogP contribution in [0.5, 0.6) is 0 Å². The molecule has 0 bridgehead atoms. The molecular formula is C17H30O3. The smallest absolute Gasteiger partial charge is 0.0931 e. The average Bonchev–Trinajstić information content (AvgIpc) is 2.25. The van der Waals surface area contributed by atoms with Gasteiger partial charge < -0.3 is 15.3 Å². The van der Waals surface area contributed by atoms with Crippen molar-refractivity contribution in [3.63, 3.8) is 0 Å². The maximum atomic E-state index is 10.5. The first kappa shape index (κ1) is 17.5. The highest BCUT2D eigenvalue weighted by Gasteiger charge is 2.44. The molecule has 0 saturated heterocycles. The zero-order chi connectivity index (χ0) is 15.4. The summed E-state index contributed by atoms with van der Waals surface area (Å²) in [5.41, 5.74) is 2.55. The largest absolute Gasteiger partial charge is 0.393 e. The number of aliphatic hydroxyl groups excluding tert-OH is 2. The van der Waals surface area contributed by atoms with Crippen LogP contribution in [0, 0.1) is 5.41 Å². The fraction of sp³-hybridized carbons (Fsp3) is 0.824. The number of hydrogen-bond donors (Lipinski definition) is 3. The van der Waals surface area contributed by atoms with Crippen LogP contribution in [-0.4, -0.2) is 33.1 Å². The number of aliphatic hydroxyl groups is 3. The SMILES string of the molecule is CCCCCC(O)C=C=C1C(C)(C)CC(O)CC1(C)O. The second-order valence-corrected chi connectivity index (χ2v) is 6.97. The summed E-state index contributed by atoms with van der Waals surface area (Å²) in [6.07, 6.45) is 5.62. The fourth-order valence-corrected chi connectivity index (χ4v) is 3.27. The third-order valence-corrected chi connectivity index (χ3v) is 4.12. The fourth-order valence-electron chi connectivity index (χ4n) is 3.27. The lowest BCUT2D eigenvalue weighted by atomic mass is 9.65. The van der Waals surface area contributed by atoms with E-state index in [4.69, 9.17) is 0 Å². The van der Waals surface area contributed by atoms with Gasteiger partial charge in [-0.2, -0.15) is 0 Å². The Balaban J connectivity index is 2.87. The molecule has 0 amide bonds. The molecule has 3 heteroatoms. The van der Waals surface area contributed by atoms with Gasteiger partial charge >= 0.3 is 0 Å². The van der Waals surface area contributed by atoms with E-state index in [0.717, 1.165) is 31.3 Å². The molecular weight excluding hydrogens is 252 g/mol. The van der Waals surface area contributed by atoms with Crippen molar-refractivity contribution in [1.82, 2.24) is 0 Å². The van der Waals surface area contributed by atoms with Gasteiger partial charge in [-0.1, -0.05) is 40.0 Å². The van der Waals surface area contributed by atoms with E-state index in [1.165, 1.54) is 0 Å². The molecule has 0 aliphatic heterocycles. The predicted octanol–water partition coefficient (Wildman–Crippen LogP) is 2.94. The normalized spacial score (nSPS) is 30.8. The van der Waals surface area contributed by atoms with Crippen molar-refractivity contribution in [2.75, 3.05) is 0 Å². The predicted molar refractivity (Wildman–Crippen MR) is 81.4 cm³/mol. The lowest BCUT2D eigenvalue weighted by molar-refractivity contribution is -0.0268. The van der Waals surface area contributed by atoms with E-state index in [9.17, 15) is 15.3 Å². The van der Waals surface area contributed by atoms with E-state index in [2.05, 4.69) is 12.7 Å². The van der Waals surface area contributed by atoms with Gasteiger partial charge in [0.1, 0.15) is 0 Å². The van der Waals surface area contributed by atoms with Crippen LogP contribution in [0.3, 0.4) is 0 Å². The minimum Gasteiger partial charge on any atom is -0.393 e. The molecule has 3 nitrogen and oxygen atoms in total. The highest BCUT2D eigenvalue weighted by Crippen LogP contribution is 2.45. The molecule has 1 saturated carbocycles. The van der Waals surface area contributed by atoms with Crippen molar-refractivity contribution >= 4 is 0 Å². The second kappa shape index (κ2) is 6.91. The molecule has 0 radical (unpaired) electrons. The van der Waals surface area contributed by atoms with Crippen LogP contribution in [-0.2, 0) is 0 Å². The van der Waals surface area contributed by atoms with Crippen LogP contribution in [0.4, 0.5) is 0 Å². The molecule has 116 valence electrons. The van der Waals surface area contributed by atoms with E-state index < -0.39 is 17.8 Å². The molecule has 0 heterocycles. The van der Waals surface area contributed by atoms with Gasteiger partial charge in [0.25, 0.3) is 0 Å². The van der Waals surface area contributed by atoms with Gasteiger partial charge in [0.05, 0.1) is 17.8 Å². The van der Waals surface area contributed by atoms with E-state index in [-0.39, 0.29) is 5.41 Å². The van der Waals surface area contributed by atoms with E-state index in [1.807, 2.05) is 13.8 Å². The van der Waals surface area contributed by atoms with Gasteiger partial charge in [0.2, 0.25) is 0 Å². The molecule has 0 spiro atoms. The molecule has 0 aromatic rings. The topological polar surface area (TPSA) is 60.7 Å². The molecule has 3 unspecified atom stereocenters. The summed E-state index contributed by atoms with van der Waals surface area (Å²) >= 11 is 0. The summed E-state index contributed by atoms with van der Waals surface area (Å²) < 4.78 is 0. The molecule has 1 aliphatic rings. The minimum absolute atomic E-state index is 0.305. The first-order valence-electron chi connectivity index (χ1n) is 7.75. The number of unbranched alkanes of at least 4 members (excludes halogenated alkanes) is 2. The number of rotatable bonds is 5. The molecule has 3 N–H and O–H groups in total. The van der Waals surface area contributed by atoms with Gasteiger partial charge in [-0.25, -0.2) is 0 Å². The van der Waals surface area contributed by atoms with Crippen LogP contribution in [0.2, 0.25) is 0 Å². The summed E-state index contributed by atoms with van der Waals surface area (Å²) in [4.78, 5) is 0. The Morgan fingerprint density at radius 2 is 1.95 bits per heavy atom. The Hall–Kier alpha value is -0.600. The van der Waals surface area contributed by atoms with Crippen molar-refractivity contribution in [3.8, 4) is 0 Å². The quantitative estimate of drug-likeness (QED) is 0.537.